The molecule has 5 nitrogen and oxygen atoms in total. The third-order valence-corrected chi connectivity index (χ3v) is 9.42. The molecule has 0 bridgehead atoms. The molecule has 0 radical (unpaired) electrons. The molecule has 15 heteroatoms. The molecule has 3 aliphatic rings. The van der Waals surface area contributed by atoms with Crippen LogP contribution in [0.3, 0.4) is 0 Å². The van der Waals surface area contributed by atoms with Crippen LogP contribution in [0.1, 0.15) is 51.7 Å². The van der Waals surface area contributed by atoms with Crippen molar-refractivity contribution < 1.29 is 66.5 Å². The predicted octanol–water partition coefficient (Wildman–Crippen LogP) is 4.95. The zero-order valence-electron chi connectivity index (χ0n) is 24.5. The Morgan fingerprint density at radius 1 is 1.17 bits per heavy atom. The number of nitrogens with zero attached hydrogens (tertiary/aromatic N) is 4. The molecule has 42 heavy (non-hydrogen) atoms. The second-order valence-corrected chi connectivity index (χ2v) is 12.0. The van der Waals surface area contributed by atoms with Crippen LogP contribution in [0.2, 0.25) is 5.15 Å². The third kappa shape index (κ3) is 5.57. The maximum atomic E-state index is 14.9. The number of thioether (sulfide) groups is 1. The minimum atomic E-state index is -4.71. The SMILES string of the molecule is CC1(C(F)(F)F)CN(c2ccc(C3C(F)(F)C3(C)[C-]=O)c(F)c2)c2cnc3cc(Cl)nn3c21.CF.CSC1CCC1.[H-].[Na+]. The van der Waals surface area contributed by atoms with Crippen molar-refractivity contribution in [3.8, 4) is 0 Å². The minimum absolute atomic E-state index is 0. The first-order chi connectivity index (χ1) is 19.2. The summed E-state index contributed by atoms with van der Waals surface area (Å²) in [4.78, 5) is 16.3. The largest absolute Gasteiger partial charge is 1.00 e. The van der Waals surface area contributed by atoms with Crippen molar-refractivity contribution in [2.24, 2.45) is 5.41 Å². The van der Waals surface area contributed by atoms with Crippen molar-refractivity contribution in [1.29, 1.82) is 0 Å². The van der Waals surface area contributed by atoms with E-state index in [2.05, 4.69) is 16.3 Å². The molecule has 0 N–H and O–H groups in total. The number of carbonyl (C=O) groups excluding carboxylic acids is 1. The van der Waals surface area contributed by atoms with Crippen molar-refractivity contribution in [2.45, 2.75) is 61.8 Å². The Bertz CT molecular complexity index is 1460. The van der Waals surface area contributed by atoms with Crippen molar-refractivity contribution in [3.63, 3.8) is 0 Å². The van der Waals surface area contributed by atoms with Gasteiger partial charge >= 0.3 is 35.7 Å². The number of aromatic nitrogens is 3. The van der Waals surface area contributed by atoms with Crippen LogP contribution < -0.4 is 34.5 Å². The molecule has 2 aromatic heterocycles. The number of rotatable bonds is 4. The Kier molecular flexibility index (Phi) is 10.4. The maximum absolute atomic E-state index is 14.9. The van der Waals surface area contributed by atoms with Crippen molar-refractivity contribution in [3.05, 3.63) is 52.7 Å². The van der Waals surface area contributed by atoms with Crippen LogP contribution in [0.4, 0.5) is 42.1 Å². The molecule has 3 aromatic rings. The van der Waals surface area contributed by atoms with Gasteiger partial charge in [-0.15, -0.1) is 0 Å². The summed E-state index contributed by atoms with van der Waals surface area (Å²) in [5.41, 5.74) is -5.06. The van der Waals surface area contributed by atoms with Gasteiger partial charge in [-0.2, -0.15) is 30.0 Å². The van der Waals surface area contributed by atoms with Gasteiger partial charge in [0.05, 0.1) is 24.8 Å². The van der Waals surface area contributed by atoms with E-state index < -0.39 is 46.8 Å². The zero-order chi connectivity index (χ0) is 30.5. The van der Waals surface area contributed by atoms with E-state index in [1.54, 1.807) is 0 Å². The molecule has 2 saturated carbocycles. The van der Waals surface area contributed by atoms with Crippen LogP contribution in [-0.2, 0) is 10.2 Å². The van der Waals surface area contributed by atoms with Crippen LogP contribution in [0.25, 0.3) is 5.65 Å². The Morgan fingerprint density at radius 3 is 2.26 bits per heavy atom. The summed E-state index contributed by atoms with van der Waals surface area (Å²) in [7, 11) is 0.500. The summed E-state index contributed by atoms with van der Waals surface area (Å²) in [6.07, 6.45) is 4.40. The number of halogens is 8. The molecule has 0 spiro atoms. The fourth-order valence-corrected chi connectivity index (χ4v) is 6.21. The quantitative estimate of drug-likeness (QED) is 0.228. The zero-order valence-corrected chi connectivity index (χ0v) is 27.1. The van der Waals surface area contributed by atoms with Gasteiger partial charge in [0.25, 0.3) is 0 Å². The molecule has 1 aliphatic heterocycles. The third-order valence-electron chi connectivity index (χ3n) is 8.10. The predicted molar refractivity (Wildman–Crippen MR) is 146 cm³/mol. The van der Waals surface area contributed by atoms with Crippen LogP contribution in [0, 0.1) is 11.2 Å². The van der Waals surface area contributed by atoms with Gasteiger partial charge in [0.15, 0.2) is 10.8 Å². The van der Waals surface area contributed by atoms with E-state index in [0.29, 0.717) is 7.18 Å². The molecule has 0 amide bonds. The van der Waals surface area contributed by atoms with Crippen LogP contribution in [0.15, 0.2) is 30.5 Å². The first-order valence-electron chi connectivity index (χ1n) is 12.6. The second-order valence-electron chi connectivity index (χ2n) is 10.5. The van der Waals surface area contributed by atoms with Crippen molar-refractivity contribution >= 4 is 46.7 Å². The Balaban J connectivity index is 0.000000570. The van der Waals surface area contributed by atoms with E-state index in [1.165, 1.54) is 48.8 Å². The van der Waals surface area contributed by atoms with Gasteiger partial charge in [-0.3, -0.25) is 10.7 Å². The van der Waals surface area contributed by atoms with Gasteiger partial charge in [0, 0.05) is 29.5 Å². The molecule has 2 aliphatic carbocycles. The molecule has 6 rings (SSSR count). The summed E-state index contributed by atoms with van der Waals surface area (Å²) in [6.45, 7) is 1.35. The van der Waals surface area contributed by atoms with Crippen LogP contribution in [-0.4, -0.2) is 58.2 Å². The van der Waals surface area contributed by atoms with E-state index in [0.717, 1.165) is 35.7 Å². The summed E-state index contributed by atoms with van der Waals surface area (Å²) >= 11 is 7.88. The topological polar surface area (TPSA) is 50.5 Å². The number of alkyl halides is 6. The first-order valence-corrected chi connectivity index (χ1v) is 14.2. The number of fused-ring (bicyclic) bond motifs is 3. The van der Waals surface area contributed by atoms with E-state index >= 15 is 0 Å². The molecule has 2 fully saturated rings. The number of hydrogen-bond donors (Lipinski definition) is 0. The summed E-state index contributed by atoms with van der Waals surface area (Å²) < 4.78 is 96.2. The first kappa shape index (κ1) is 34.9. The second kappa shape index (κ2) is 12.5. The molecule has 1 aromatic carbocycles. The smallest absolute Gasteiger partial charge is 1.00 e. The monoisotopic (exact) mass is 647 g/mol. The van der Waals surface area contributed by atoms with Gasteiger partial charge in [-0.1, -0.05) is 36.4 Å². The van der Waals surface area contributed by atoms with Gasteiger partial charge in [-0.05, 0) is 43.7 Å². The minimum Gasteiger partial charge on any atom is -1.00 e. The summed E-state index contributed by atoms with van der Waals surface area (Å²) in [6, 6.07) is 4.49. The molecule has 0 saturated heterocycles. The summed E-state index contributed by atoms with van der Waals surface area (Å²) in [5, 5.41) is 4.91. The maximum Gasteiger partial charge on any atom is 1.00 e. The van der Waals surface area contributed by atoms with Gasteiger partial charge in [0.1, 0.15) is 11.2 Å². The Morgan fingerprint density at radius 2 is 1.81 bits per heavy atom. The fraction of sp³-hybridized carbons (Fsp3) is 0.519. The van der Waals surface area contributed by atoms with Crippen LogP contribution in [0.5, 0.6) is 0 Å². The molecular formula is C27H28ClF7N4NaOS-. The van der Waals surface area contributed by atoms with Gasteiger partial charge in [0.2, 0.25) is 5.92 Å². The molecular weight excluding hydrogens is 620 g/mol. The molecule has 3 unspecified atom stereocenters. The average Bonchev–Trinajstić information content (AvgIpc) is 3.18. The fourth-order valence-electron chi connectivity index (χ4n) is 5.23. The van der Waals surface area contributed by atoms with E-state index in [4.69, 9.17) is 11.6 Å². The molecule has 3 heterocycles. The van der Waals surface area contributed by atoms with E-state index in [-0.39, 0.29) is 58.9 Å². The molecule has 226 valence electrons. The number of anilines is 2. The number of hydrogen-bond acceptors (Lipinski definition) is 5. The van der Waals surface area contributed by atoms with Gasteiger partial charge in [-0.25, -0.2) is 22.7 Å². The molecule has 3 atom stereocenters. The Labute approximate surface area is 271 Å². The number of benzene rings is 1. The van der Waals surface area contributed by atoms with Crippen LogP contribution >= 0.6 is 23.4 Å². The normalized spacial score (nSPS) is 25.7. The Hall–Kier alpha value is -1.54. The van der Waals surface area contributed by atoms with E-state index in [9.17, 15) is 35.5 Å². The van der Waals surface area contributed by atoms with E-state index in [1.807, 2.05) is 11.8 Å². The van der Waals surface area contributed by atoms with Gasteiger partial charge < -0.3 is 11.1 Å². The standard InChI is InChI=1S/C21H14ClF6N4O.C5H10S.CH3F.Na.H/c1-18(21(26,27)28)8-31(13-7-29-15-6-14(22)30-32(15)17(13)18)10-3-4-11(12(23)5-10)16-19(2,9-33)20(16,24)25;1-6-5-3-2-4-5;1-2;;/h3-7,16H,8H2,1-2H3;5H,2-4H2,1H3;1H3;;/q-1;;;+1;-1. The van der Waals surface area contributed by atoms with Crippen molar-refractivity contribution in [2.75, 3.05) is 24.9 Å². The van der Waals surface area contributed by atoms with Crippen molar-refractivity contribution in [1.82, 2.24) is 14.6 Å². The average molecular weight is 648 g/mol. The summed E-state index contributed by atoms with van der Waals surface area (Å²) in [5.74, 6) is -6.23.